The first-order chi connectivity index (χ1) is 13.7. The Morgan fingerprint density at radius 2 is 1.90 bits per heavy atom. The lowest BCUT2D eigenvalue weighted by atomic mass is 10.1. The molecule has 1 aliphatic rings. The van der Waals surface area contributed by atoms with Gasteiger partial charge in [-0.3, -0.25) is 4.79 Å². The normalized spacial score (nSPS) is 15.3. The number of carbonyl (C=O) groups is 2. The Labute approximate surface area is 171 Å². The number of hydrogen-bond donors (Lipinski definition) is 2. The molecule has 0 radical (unpaired) electrons. The molecule has 2 rings (SSSR count). The average Bonchev–Trinajstić information content (AvgIpc) is 2.68. The van der Waals surface area contributed by atoms with Gasteiger partial charge in [-0.15, -0.1) is 0 Å². The zero-order valence-electron chi connectivity index (χ0n) is 17.3. The molecular formula is C21H28N4O4. The van der Waals surface area contributed by atoms with Crippen LogP contribution in [0.15, 0.2) is 36.0 Å². The van der Waals surface area contributed by atoms with Gasteiger partial charge in [0.1, 0.15) is 23.0 Å². The molecule has 2 amide bonds. The molecule has 0 atom stereocenters. The first-order valence-corrected chi connectivity index (χ1v) is 9.52. The minimum Gasteiger partial charge on any atom is -0.495 e. The van der Waals surface area contributed by atoms with E-state index in [4.69, 9.17) is 9.47 Å². The lowest BCUT2D eigenvalue weighted by molar-refractivity contribution is -0.112. The fourth-order valence-corrected chi connectivity index (χ4v) is 2.84. The maximum atomic E-state index is 12.4. The Bertz CT molecular complexity index is 800. The van der Waals surface area contributed by atoms with Gasteiger partial charge in [0.05, 0.1) is 12.8 Å². The van der Waals surface area contributed by atoms with Crippen molar-refractivity contribution in [1.82, 2.24) is 10.2 Å². The molecule has 0 spiro atoms. The van der Waals surface area contributed by atoms with Gasteiger partial charge in [0.2, 0.25) is 0 Å². The molecule has 0 bridgehead atoms. The van der Waals surface area contributed by atoms with Crippen molar-refractivity contribution < 1.29 is 19.1 Å². The molecule has 2 N–H and O–H groups in total. The summed E-state index contributed by atoms with van der Waals surface area (Å²) in [5, 5.41) is 15.1. The molecule has 8 nitrogen and oxygen atoms in total. The van der Waals surface area contributed by atoms with Crippen LogP contribution in [0.5, 0.6) is 5.75 Å². The fourth-order valence-electron chi connectivity index (χ4n) is 2.84. The summed E-state index contributed by atoms with van der Waals surface area (Å²) in [5.74, 6) is -0.00342. The number of carbonyl (C=O) groups excluding carboxylic acids is 2. The molecule has 1 heterocycles. The van der Waals surface area contributed by atoms with Crippen LogP contribution in [0.4, 0.5) is 10.5 Å². The van der Waals surface area contributed by atoms with Crippen molar-refractivity contribution in [1.29, 1.82) is 5.26 Å². The highest BCUT2D eigenvalue weighted by atomic mass is 16.6. The quantitative estimate of drug-likeness (QED) is 0.582. The van der Waals surface area contributed by atoms with Crippen molar-refractivity contribution in [2.45, 2.75) is 45.3 Å². The van der Waals surface area contributed by atoms with Crippen molar-refractivity contribution in [3.63, 3.8) is 0 Å². The minimum atomic E-state index is -0.522. The number of benzene rings is 1. The van der Waals surface area contributed by atoms with Crippen molar-refractivity contribution >= 4 is 17.7 Å². The second-order valence-electron chi connectivity index (χ2n) is 7.73. The molecule has 1 fully saturated rings. The molecule has 0 saturated carbocycles. The summed E-state index contributed by atoms with van der Waals surface area (Å²) < 4.78 is 10.6. The third kappa shape index (κ3) is 6.71. The summed E-state index contributed by atoms with van der Waals surface area (Å²) in [7, 11) is 1.51. The number of likely N-dealkylation sites (tertiary alicyclic amines) is 1. The van der Waals surface area contributed by atoms with Crippen molar-refractivity contribution in [2.75, 3.05) is 25.5 Å². The fraction of sp³-hybridized carbons (Fsp3) is 0.476. The summed E-state index contributed by atoms with van der Waals surface area (Å²) in [6.45, 7) is 6.61. The first kappa shape index (κ1) is 22.1. The summed E-state index contributed by atoms with van der Waals surface area (Å²) >= 11 is 0. The maximum absolute atomic E-state index is 12.4. The first-order valence-electron chi connectivity index (χ1n) is 9.52. The zero-order chi connectivity index (χ0) is 21.4. The smallest absolute Gasteiger partial charge is 0.410 e. The summed E-state index contributed by atoms with van der Waals surface area (Å²) in [6.07, 6.45) is 2.50. The molecule has 29 heavy (non-hydrogen) atoms. The van der Waals surface area contributed by atoms with Gasteiger partial charge in [0.15, 0.2) is 0 Å². The van der Waals surface area contributed by atoms with Crippen molar-refractivity contribution in [2.24, 2.45) is 0 Å². The predicted octanol–water partition coefficient (Wildman–Crippen LogP) is 3.03. The molecule has 1 aliphatic heterocycles. The highest BCUT2D eigenvalue weighted by Crippen LogP contribution is 2.23. The number of nitrogens with zero attached hydrogens (tertiary/aromatic N) is 2. The van der Waals surface area contributed by atoms with Crippen LogP contribution < -0.4 is 15.4 Å². The molecule has 8 heteroatoms. The van der Waals surface area contributed by atoms with Crippen LogP contribution in [0.1, 0.15) is 33.6 Å². The van der Waals surface area contributed by atoms with Gasteiger partial charge in [-0.1, -0.05) is 12.1 Å². The minimum absolute atomic E-state index is 0.0366. The van der Waals surface area contributed by atoms with Gasteiger partial charge in [0.25, 0.3) is 5.91 Å². The summed E-state index contributed by atoms with van der Waals surface area (Å²) in [4.78, 5) is 26.2. The Morgan fingerprint density at radius 3 is 2.48 bits per heavy atom. The van der Waals surface area contributed by atoms with E-state index in [1.54, 1.807) is 29.2 Å². The van der Waals surface area contributed by atoms with Crippen LogP contribution in [0, 0.1) is 11.3 Å². The van der Waals surface area contributed by atoms with Crippen molar-refractivity contribution in [3.05, 3.63) is 36.0 Å². The Kier molecular flexibility index (Phi) is 7.48. The van der Waals surface area contributed by atoms with E-state index in [-0.39, 0.29) is 17.7 Å². The molecule has 1 aromatic carbocycles. The highest BCUT2D eigenvalue weighted by molar-refractivity contribution is 6.07. The molecule has 1 saturated heterocycles. The Morgan fingerprint density at radius 1 is 1.24 bits per heavy atom. The van der Waals surface area contributed by atoms with Crippen LogP contribution in [0.2, 0.25) is 0 Å². The summed E-state index contributed by atoms with van der Waals surface area (Å²) in [6, 6.07) is 8.96. The Hall–Kier alpha value is -3.21. The second kappa shape index (κ2) is 9.82. The van der Waals surface area contributed by atoms with E-state index in [9.17, 15) is 14.9 Å². The van der Waals surface area contributed by atoms with E-state index in [1.165, 1.54) is 13.3 Å². The molecule has 156 valence electrons. The largest absolute Gasteiger partial charge is 0.495 e. The monoisotopic (exact) mass is 400 g/mol. The third-order valence-electron chi connectivity index (χ3n) is 4.33. The van der Waals surface area contributed by atoms with Crippen LogP contribution in [-0.4, -0.2) is 48.7 Å². The van der Waals surface area contributed by atoms with E-state index >= 15 is 0 Å². The average molecular weight is 400 g/mol. The molecule has 0 unspecified atom stereocenters. The number of rotatable bonds is 5. The van der Waals surface area contributed by atoms with Gasteiger partial charge in [-0.25, -0.2) is 4.79 Å². The van der Waals surface area contributed by atoms with E-state index in [0.29, 0.717) is 37.4 Å². The number of anilines is 1. The van der Waals surface area contributed by atoms with Gasteiger partial charge in [0, 0.05) is 25.3 Å². The van der Waals surface area contributed by atoms with Gasteiger partial charge in [-0.2, -0.15) is 5.26 Å². The number of nitrogens with one attached hydrogen (secondary N) is 2. The molecule has 0 aromatic heterocycles. The predicted molar refractivity (Wildman–Crippen MR) is 109 cm³/mol. The van der Waals surface area contributed by atoms with Crippen LogP contribution in [0.25, 0.3) is 0 Å². The Balaban J connectivity index is 1.89. The topological polar surface area (TPSA) is 104 Å². The lowest BCUT2D eigenvalue weighted by Gasteiger charge is -2.33. The van der Waals surface area contributed by atoms with E-state index in [1.807, 2.05) is 26.8 Å². The number of ether oxygens (including phenoxy) is 2. The molecular weight excluding hydrogens is 372 g/mol. The highest BCUT2D eigenvalue weighted by Gasteiger charge is 2.26. The maximum Gasteiger partial charge on any atom is 0.410 e. The van der Waals surface area contributed by atoms with Crippen LogP contribution in [0.3, 0.4) is 0 Å². The van der Waals surface area contributed by atoms with E-state index in [0.717, 1.165) is 0 Å². The van der Waals surface area contributed by atoms with Gasteiger partial charge in [-0.05, 0) is 45.7 Å². The van der Waals surface area contributed by atoms with Crippen molar-refractivity contribution in [3.8, 4) is 11.8 Å². The molecule has 0 aliphatic carbocycles. The number of nitriles is 1. The van der Waals surface area contributed by atoms with Crippen LogP contribution >= 0.6 is 0 Å². The standard InChI is InChI=1S/C21H28N4O4/c1-21(2,3)29-20(27)25-11-9-16(10-12-25)23-14-15(13-22)19(26)24-17-7-5-6-8-18(17)28-4/h5-8,14,16,23H,9-12H2,1-4H3,(H,24,26)/b15-14-. The van der Waals surface area contributed by atoms with E-state index in [2.05, 4.69) is 10.6 Å². The summed E-state index contributed by atoms with van der Waals surface area (Å²) in [5.41, 5.74) is -0.0666. The lowest BCUT2D eigenvalue weighted by Crippen LogP contribution is -2.45. The SMILES string of the molecule is COc1ccccc1NC(=O)/C(C#N)=C\NC1CCN(C(=O)OC(C)(C)C)CC1. The number of amides is 2. The zero-order valence-corrected chi connectivity index (χ0v) is 17.3. The number of piperidine rings is 1. The van der Waals surface area contributed by atoms with E-state index < -0.39 is 11.5 Å². The number of methoxy groups -OCH3 is 1. The van der Waals surface area contributed by atoms with Gasteiger partial charge < -0.3 is 25.0 Å². The second-order valence-corrected chi connectivity index (χ2v) is 7.73. The number of para-hydroxylation sites is 2. The number of hydrogen-bond acceptors (Lipinski definition) is 6. The molecule has 1 aromatic rings. The van der Waals surface area contributed by atoms with Gasteiger partial charge >= 0.3 is 6.09 Å². The third-order valence-corrected chi connectivity index (χ3v) is 4.33. The van der Waals surface area contributed by atoms with Crippen LogP contribution in [-0.2, 0) is 9.53 Å².